The number of hydrogen-bond donors (Lipinski definition) is 0. The van der Waals surface area contributed by atoms with Crippen molar-refractivity contribution in [3.05, 3.63) is 11.6 Å². The van der Waals surface area contributed by atoms with Crippen LogP contribution >= 0.6 is 0 Å². The summed E-state index contributed by atoms with van der Waals surface area (Å²) in [5.74, 6) is 0.332. The Bertz CT molecular complexity index is 251. The quantitative estimate of drug-likeness (QED) is 0.506. The van der Waals surface area contributed by atoms with Crippen LogP contribution in [0.3, 0.4) is 0 Å². The number of carbonyl (C=O) groups excluding carboxylic acids is 1. The average molecular weight is 290 g/mol. The van der Waals surface area contributed by atoms with Crippen molar-refractivity contribution in [2.24, 2.45) is 0 Å². The number of likely N-dealkylation sites (tertiary alicyclic amines) is 1. The van der Waals surface area contributed by atoms with Crippen LogP contribution in [0.15, 0.2) is 11.6 Å². The van der Waals surface area contributed by atoms with Gasteiger partial charge in [-0.1, -0.05) is 5.57 Å². The van der Waals surface area contributed by atoms with Gasteiger partial charge in [-0.25, -0.2) is 0 Å². The number of ketones is 1. The van der Waals surface area contributed by atoms with Crippen LogP contribution in [0.5, 0.6) is 0 Å². The van der Waals surface area contributed by atoms with E-state index >= 15 is 0 Å². The Labute approximate surface area is 110 Å². The van der Waals surface area contributed by atoms with Gasteiger partial charge in [-0.2, -0.15) is 0 Å². The van der Waals surface area contributed by atoms with Crippen LogP contribution in [0, 0.1) is 0 Å². The highest BCUT2D eigenvalue weighted by molar-refractivity contribution is 5.76. The van der Waals surface area contributed by atoms with Crippen LogP contribution in [0.4, 0.5) is 0 Å². The third-order valence-electron chi connectivity index (χ3n) is 3.21. The topological polar surface area (TPSA) is 17.1 Å². The van der Waals surface area contributed by atoms with Gasteiger partial charge in [0.05, 0.1) is 19.6 Å². The number of carbonyl (C=O) groups is 1. The first-order valence-corrected chi connectivity index (χ1v) is 6.02. The molecule has 1 aliphatic heterocycles. The van der Waals surface area contributed by atoms with E-state index in [1.165, 1.54) is 37.9 Å². The molecule has 0 aromatic rings. The van der Waals surface area contributed by atoms with E-state index in [0.717, 1.165) is 17.6 Å². The molecule has 0 atom stereocenters. The molecular formula is C13H24BrNO. The lowest BCUT2D eigenvalue weighted by molar-refractivity contribution is -0.919. The second kappa shape index (κ2) is 7.23. The van der Waals surface area contributed by atoms with Gasteiger partial charge < -0.3 is 21.5 Å². The highest BCUT2D eigenvalue weighted by atomic mass is 79.9. The van der Waals surface area contributed by atoms with Crippen molar-refractivity contribution >= 4 is 5.78 Å². The molecule has 1 rings (SSSR count). The summed E-state index contributed by atoms with van der Waals surface area (Å²) in [5.41, 5.74) is 1.36. The van der Waals surface area contributed by atoms with Crippen molar-refractivity contribution in [1.29, 1.82) is 0 Å². The van der Waals surface area contributed by atoms with Crippen LogP contribution in [-0.2, 0) is 4.79 Å². The smallest absolute Gasteiger partial charge is 0.183 e. The minimum absolute atomic E-state index is 0. The fourth-order valence-corrected chi connectivity index (χ4v) is 2.44. The van der Waals surface area contributed by atoms with E-state index in [1.54, 1.807) is 6.92 Å². The maximum Gasteiger partial charge on any atom is 0.183 e. The van der Waals surface area contributed by atoms with Crippen molar-refractivity contribution in [3.63, 3.8) is 0 Å². The maximum absolute atomic E-state index is 11.3. The molecule has 3 heteroatoms. The maximum atomic E-state index is 11.3. The third kappa shape index (κ3) is 5.26. The first kappa shape index (κ1) is 15.9. The zero-order valence-electron chi connectivity index (χ0n) is 10.8. The molecule has 0 aromatic carbocycles. The van der Waals surface area contributed by atoms with Gasteiger partial charge in [-0.05, 0) is 39.2 Å². The molecule has 0 spiro atoms. The van der Waals surface area contributed by atoms with Crippen molar-refractivity contribution in [3.8, 4) is 0 Å². The Morgan fingerprint density at radius 1 is 1.12 bits per heavy atom. The summed E-state index contributed by atoms with van der Waals surface area (Å²) in [5, 5.41) is 0. The largest absolute Gasteiger partial charge is 1.00 e. The Morgan fingerprint density at radius 2 is 1.69 bits per heavy atom. The summed E-state index contributed by atoms with van der Waals surface area (Å²) in [6, 6.07) is 0. The minimum Gasteiger partial charge on any atom is -1.00 e. The normalized spacial score (nSPS) is 18.4. The first-order chi connectivity index (χ1) is 7.04. The Kier molecular flexibility index (Phi) is 7.16. The van der Waals surface area contributed by atoms with Gasteiger partial charge in [0, 0.05) is 6.92 Å². The molecule has 16 heavy (non-hydrogen) atoms. The van der Waals surface area contributed by atoms with E-state index in [2.05, 4.69) is 19.9 Å². The van der Waals surface area contributed by atoms with E-state index < -0.39 is 0 Å². The highest BCUT2D eigenvalue weighted by Gasteiger charge is 2.29. The number of halogens is 1. The molecule has 0 bridgehead atoms. The summed E-state index contributed by atoms with van der Waals surface area (Å²) >= 11 is 0. The minimum atomic E-state index is 0. The monoisotopic (exact) mass is 289 g/mol. The van der Waals surface area contributed by atoms with E-state index in [0.29, 0.717) is 5.78 Å². The SMILES string of the molecule is CC(=O)C[N+]1(CC=C(C)C)CCCCC1.[Br-]. The lowest BCUT2D eigenvalue weighted by Gasteiger charge is -2.40. The Hall–Kier alpha value is -0.150. The van der Waals surface area contributed by atoms with Crippen molar-refractivity contribution < 1.29 is 26.3 Å². The van der Waals surface area contributed by atoms with Crippen LogP contribution in [0.2, 0.25) is 0 Å². The molecular weight excluding hydrogens is 266 g/mol. The summed E-state index contributed by atoms with van der Waals surface area (Å²) < 4.78 is 1.00. The van der Waals surface area contributed by atoms with Gasteiger partial charge >= 0.3 is 0 Å². The van der Waals surface area contributed by atoms with Gasteiger partial charge in [0.1, 0.15) is 6.54 Å². The standard InChI is InChI=1S/C13H24NO.BrH/c1-12(2)7-10-14(11-13(3)15)8-5-4-6-9-14;/h7H,4-6,8-11H2,1-3H3;1H/q+1;/p-1. The van der Waals surface area contributed by atoms with Crippen LogP contribution in [0.1, 0.15) is 40.0 Å². The van der Waals surface area contributed by atoms with Crippen LogP contribution < -0.4 is 17.0 Å². The second-order valence-electron chi connectivity index (χ2n) is 5.17. The lowest BCUT2D eigenvalue weighted by atomic mass is 10.1. The van der Waals surface area contributed by atoms with Crippen LogP contribution in [0.25, 0.3) is 0 Å². The molecule has 0 aromatic heterocycles. The number of quaternary nitrogens is 1. The molecule has 0 saturated carbocycles. The predicted molar refractivity (Wildman–Crippen MR) is 63.7 cm³/mol. The van der Waals surface area contributed by atoms with E-state index in [-0.39, 0.29) is 17.0 Å². The van der Waals surface area contributed by atoms with E-state index in [9.17, 15) is 4.79 Å². The number of hydrogen-bond acceptors (Lipinski definition) is 1. The molecule has 0 N–H and O–H groups in total. The Morgan fingerprint density at radius 3 is 2.12 bits per heavy atom. The van der Waals surface area contributed by atoms with Crippen molar-refractivity contribution in [2.45, 2.75) is 40.0 Å². The molecule has 1 fully saturated rings. The number of Topliss-reactive ketones (excluding diaryl/α,β-unsaturated/α-hetero) is 1. The van der Waals surface area contributed by atoms with E-state index in [4.69, 9.17) is 0 Å². The fourth-order valence-electron chi connectivity index (χ4n) is 2.44. The summed E-state index contributed by atoms with van der Waals surface area (Å²) in [6.45, 7) is 10.1. The van der Waals surface area contributed by atoms with Crippen molar-refractivity contribution in [1.82, 2.24) is 0 Å². The van der Waals surface area contributed by atoms with Gasteiger partial charge in [0.25, 0.3) is 0 Å². The van der Waals surface area contributed by atoms with Gasteiger partial charge in [0.15, 0.2) is 5.78 Å². The van der Waals surface area contributed by atoms with E-state index in [1.807, 2.05) is 0 Å². The molecule has 0 unspecified atom stereocenters. The number of nitrogens with zero attached hydrogens (tertiary/aromatic N) is 1. The molecule has 1 heterocycles. The fraction of sp³-hybridized carbons (Fsp3) is 0.769. The Balaban J connectivity index is 0.00000225. The van der Waals surface area contributed by atoms with Gasteiger partial charge in [-0.3, -0.25) is 4.79 Å². The molecule has 2 nitrogen and oxygen atoms in total. The molecule has 0 aliphatic carbocycles. The number of rotatable bonds is 4. The second-order valence-corrected chi connectivity index (χ2v) is 5.17. The molecule has 94 valence electrons. The predicted octanol–water partition coefficient (Wildman–Crippen LogP) is -0.454. The lowest BCUT2D eigenvalue weighted by Crippen LogP contribution is -3.00. The zero-order valence-corrected chi connectivity index (χ0v) is 12.3. The van der Waals surface area contributed by atoms with Crippen molar-refractivity contribution in [2.75, 3.05) is 26.2 Å². The molecule has 1 saturated heterocycles. The van der Waals surface area contributed by atoms with Gasteiger partial charge in [-0.15, -0.1) is 0 Å². The molecule has 0 radical (unpaired) electrons. The molecule has 1 aliphatic rings. The summed E-state index contributed by atoms with van der Waals surface area (Å²) in [7, 11) is 0. The first-order valence-electron chi connectivity index (χ1n) is 6.02. The average Bonchev–Trinajstić information content (AvgIpc) is 2.15. The number of allylic oxidation sites excluding steroid dienone is 1. The van der Waals surface area contributed by atoms with Crippen LogP contribution in [-0.4, -0.2) is 36.4 Å². The highest BCUT2D eigenvalue weighted by Crippen LogP contribution is 2.19. The number of piperidine rings is 1. The zero-order chi connectivity index (χ0) is 11.3. The van der Waals surface area contributed by atoms with Gasteiger partial charge in [0.2, 0.25) is 0 Å². The molecule has 0 amide bonds. The third-order valence-corrected chi connectivity index (χ3v) is 3.21. The summed E-state index contributed by atoms with van der Waals surface area (Å²) in [6.07, 6.45) is 6.19. The summed E-state index contributed by atoms with van der Waals surface area (Å²) in [4.78, 5) is 11.3.